The summed E-state index contributed by atoms with van der Waals surface area (Å²) >= 11 is 0. The van der Waals surface area contributed by atoms with Crippen LogP contribution in [0.15, 0.2) is 36.4 Å². The summed E-state index contributed by atoms with van der Waals surface area (Å²) in [6.45, 7) is 0. The van der Waals surface area contributed by atoms with Gasteiger partial charge in [0.1, 0.15) is 11.8 Å². The Kier molecular flexibility index (Phi) is 3.48. The molecule has 0 aliphatic rings. The Labute approximate surface area is 106 Å². The van der Waals surface area contributed by atoms with E-state index in [1.807, 2.05) is 36.4 Å². The molecule has 4 nitrogen and oxygen atoms in total. The van der Waals surface area contributed by atoms with Gasteiger partial charge in [-0.3, -0.25) is 4.79 Å². The highest BCUT2D eigenvalue weighted by Crippen LogP contribution is 2.31. The van der Waals surface area contributed by atoms with Crippen molar-refractivity contribution < 1.29 is 9.53 Å². The Morgan fingerprint density at radius 3 is 2.44 bits per heavy atom. The Bertz CT molecular complexity index is 581. The molecule has 0 aromatic heterocycles. The van der Waals surface area contributed by atoms with Crippen molar-refractivity contribution in [2.24, 2.45) is 5.73 Å². The molecule has 0 spiro atoms. The predicted molar refractivity (Wildman–Crippen MR) is 71.5 cm³/mol. The zero-order chi connectivity index (χ0) is 13.1. The lowest BCUT2D eigenvalue weighted by Crippen LogP contribution is -2.31. The van der Waals surface area contributed by atoms with Crippen molar-refractivity contribution in [1.82, 2.24) is 5.32 Å². The van der Waals surface area contributed by atoms with Crippen LogP contribution in [-0.4, -0.2) is 20.1 Å². The van der Waals surface area contributed by atoms with Crippen LogP contribution in [0.1, 0.15) is 11.6 Å². The maximum absolute atomic E-state index is 11.5. The van der Waals surface area contributed by atoms with Crippen LogP contribution in [0.3, 0.4) is 0 Å². The summed E-state index contributed by atoms with van der Waals surface area (Å²) in [5.74, 6) is 0.390. The lowest BCUT2D eigenvalue weighted by molar-refractivity contribution is -0.120. The summed E-state index contributed by atoms with van der Waals surface area (Å²) in [6.07, 6.45) is 0. The molecule has 2 aromatic rings. The maximum atomic E-state index is 11.5. The van der Waals surface area contributed by atoms with E-state index in [2.05, 4.69) is 5.32 Å². The van der Waals surface area contributed by atoms with E-state index in [-0.39, 0.29) is 0 Å². The second kappa shape index (κ2) is 5.06. The first-order valence-electron chi connectivity index (χ1n) is 5.71. The molecule has 0 aliphatic heterocycles. The van der Waals surface area contributed by atoms with Gasteiger partial charge < -0.3 is 15.8 Å². The third-order valence-electron chi connectivity index (χ3n) is 3.02. The fourth-order valence-electron chi connectivity index (χ4n) is 2.18. The summed E-state index contributed by atoms with van der Waals surface area (Å²) in [4.78, 5) is 11.5. The number of amides is 1. The number of ether oxygens (including phenoxy) is 1. The topological polar surface area (TPSA) is 64.3 Å². The maximum Gasteiger partial charge on any atom is 0.239 e. The lowest BCUT2D eigenvalue weighted by atomic mass is 9.98. The van der Waals surface area contributed by atoms with Crippen molar-refractivity contribution in [2.45, 2.75) is 6.04 Å². The first-order valence-corrected chi connectivity index (χ1v) is 5.71. The molecule has 2 aromatic carbocycles. The average molecular weight is 244 g/mol. The Morgan fingerprint density at radius 1 is 1.22 bits per heavy atom. The van der Waals surface area contributed by atoms with E-state index in [4.69, 9.17) is 10.5 Å². The fraction of sp³-hybridized carbons (Fsp3) is 0.214. The number of likely N-dealkylation sites (N-methyl/N-ethyl adjacent to an activating group) is 1. The van der Waals surface area contributed by atoms with Crippen molar-refractivity contribution in [3.8, 4) is 5.75 Å². The van der Waals surface area contributed by atoms with Crippen molar-refractivity contribution in [3.05, 3.63) is 42.0 Å². The van der Waals surface area contributed by atoms with E-state index in [1.165, 1.54) is 0 Å². The van der Waals surface area contributed by atoms with Gasteiger partial charge in [0.25, 0.3) is 0 Å². The van der Waals surface area contributed by atoms with E-state index in [1.54, 1.807) is 14.2 Å². The monoisotopic (exact) mass is 244 g/mol. The number of nitrogens with two attached hydrogens (primary N) is 1. The van der Waals surface area contributed by atoms with E-state index in [0.29, 0.717) is 0 Å². The van der Waals surface area contributed by atoms with Gasteiger partial charge in [-0.05, 0) is 24.1 Å². The van der Waals surface area contributed by atoms with Gasteiger partial charge in [-0.25, -0.2) is 0 Å². The summed E-state index contributed by atoms with van der Waals surface area (Å²) in [5, 5.41) is 4.87. The number of rotatable bonds is 4. The second-order valence-electron chi connectivity index (χ2n) is 4.03. The quantitative estimate of drug-likeness (QED) is 0.858. The molecule has 1 unspecified atom stereocenters. The molecule has 0 saturated heterocycles. The number of primary amides is 1. The third-order valence-corrected chi connectivity index (χ3v) is 3.02. The largest absolute Gasteiger partial charge is 0.496 e. The Morgan fingerprint density at radius 2 is 1.89 bits per heavy atom. The molecular weight excluding hydrogens is 228 g/mol. The summed E-state index contributed by atoms with van der Waals surface area (Å²) in [5.41, 5.74) is 6.27. The Hall–Kier alpha value is -2.07. The van der Waals surface area contributed by atoms with Crippen LogP contribution in [0.5, 0.6) is 5.75 Å². The van der Waals surface area contributed by atoms with E-state index >= 15 is 0 Å². The van der Waals surface area contributed by atoms with Crippen LogP contribution in [0.2, 0.25) is 0 Å². The van der Waals surface area contributed by atoms with Gasteiger partial charge in [0, 0.05) is 5.39 Å². The Balaban J connectivity index is 2.69. The molecule has 4 heteroatoms. The smallest absolute Gasteiger partial charge is 0.239 e. The number of carbonyl (C=O) groups is 1. The minimum atomic E-state index is -0.499. The van der Waals surface area contributed by atoms with E-state index < -0.39 is 11.9 Å². The molecular formula is C14H16N2O2. The highest BCUT2D eigenvalue weighted by Gasteiger charge is 2.18. The van der Waals surface area contributed by atoms with Crippen LogP contribution >= 0.6 is 0 Å². The molecule has 18 heavy (non-hydrogen) atoms. The molecule has 0 saturated carbocycles. The number of nitrogens with one attached hydrogen (secondary N) is 1. The summed E-state index contributed by atoms with van der Waals surface area (Å²) in [6, 6.07) is 11.0. The van der Waals surface area contributed by atoms with Gasteiger partial charge in [-0.2, -0.15) is 0 Å². The molecule has 0 radical (unpaired) electrons. The highest BCUT2D eigenvalue weighted by molar-refractivity contribution is 5.95. The first-order chi connectivity index (χ1) is 8.69. The van der Waals surface area contributed by atoms with Gasteiger partial charge in [-0.1, -0.05) is 30.3 Å². The van der Waals surface area contributed by atoms with Gasteiger partial charge >= 0.3 is 0 Å². The van der Waals surface area contributed by atoms with Gasteiger partial charge in [0.2, 0.25) is 5.91 Å². The van der Waals surface area contributed by atoms with Crippen LogP contribution < -0.4 is 15.8 Å². The first kappa shape index (κ1) is 12.4. The van der Waals surface area contributed by atoms with Crippen LogP contribution in [0, 0.1) is 0 Å². The molecule has 2 rings (SSSR count). The number of hydrogen-bond donors (Lipinski definition) is 2. The normalized spacial score (nSPS) is 12.3. The molecule has 94 valence electrons. The van der Waals surface area contributed by atoms with Gasteiger partial charge in [-0.15, -0.1) is 0 Å². The molecule has 0 bridgehead atoms. The van der Waals surface area contributed by atoms with Gasteiger partial charge in [0.15, 0.2) is 0 Å². The van der Waals surface area contributed by atoms with E-state index in [9.17, 15) is 4.79 Å². The minimum absolute atomic E-state index is 0.396. The third kappa shape index (κ3) is 2.02. The number of hydrogen-bond acceptors (Lipinski definition) is 3. The molecule has 1 atom stereocenters. The number of methoxy groups -OCH3 is 1. The zero-order valence-corrected chi connectivity index (χ0v) is 10.4. The molecule has 3 N–H and O–H groups in total. The SMILES string of the molecule is CNC(C(N)=O)c1ccc(OC)c2ccccc12. The van der Waals surface area contributed by atoms with E-state index in [0.717, 1.165) is 22.1 Å². The standard InChI is InChI=1S/C14H16N2O2/c1-16-13(14(15)17)11-7-8-12(18-2)10-6-4-3-5-9(10)11/h3-8,13,16H,1-2H3,(H2,15,17). The van der Waals surface area contributed by atoms with Crippen LogP contribution in [-0.2, 0) is 4.79 Å². The zero-order valence-electron chi connectivity index (χ0n) is 10.4. The summed E-state index contributed by atoms with van der Waals surface area (Å²) in [7, 11) is 3.35. The fourth-order valence-corrected chi connectivity index (χ4v) is 2.18. The molecule has 0 fully saturated rings. The van der Waals surface area contributed by atoms with Gasteiger partial charge in [0.05, 0.1) is 7.11 Å². The van der Waals surface area contributed by atoms with Crippen molar-refractivity contribution >= 4 is 16.7 Å². The number of benzene rings is 2. The second-order valence-corrected chi connectivity index (χ2v) is 4.03. The predicted octanol–water partition coefficient (Wildman–Crippen LogP) is 1.59. The highest BCUT2D eigenvalue weighted by atomic mass is 16.5. The van der Waals surface area contributed by atoms with Crippen molar-refractivity contribution in [1.29, 1.82) is 0 Å². The number of fused-ring (bicyclic) bond motifs is 1. The van der Waals surface area contributed by atoms with Crippen molar-refractivity contribution in [2.75, 3.05) is 14.2 Å². The van der Waals surface area contributed by atoms with Crippen LogP contribution in [0.4, 0.5) is 0 Å². The van der Waals surface area contributed by atoms with Crippen molar-refractivity contribution in [3.63, 3.8) is 0 Å². The number of carbonyl (C=O) groups excluding carboxylic acids is 1. The lowest BCUT2D eigenvalue weighted by Gasteiger charge is -2.16. The molecule has 0 heterocycles. The van der Waals surface area contributed by atoms with Crippen LogP contribution in [0.25, 0.3) is 10.8 Å². The molecule has 1 amide bonds. The summed E-state index contributed by atoms with van der Waals surface area (Å²) < 4.78 is 5.32. The average Bonchev–Trinajstić information content (AvgIpc) is 2.39. The minimum Gasteiger partial charge on any atom is -0.496 e. The molecule has 0 aliphatic carbocycles.